The van der Waals surface area contributed by atoms with Crippen molar-refractivity contribution < 1.29 is 28.3 Å². The average molecular weight is 668 g/mol. The van der Waals surface area contributed by atoms with E-state index in [1.54, 1.807) is 41.8 Å². The van der Waals surface area contributed by atoms with Crippen molar-refractivity contribution in [2.24, 2.45) is 17.8 Å². The predicted molar refractivity (Wildman–Crippen MR) is 179 cm³/mol. The molecule has 1 aromatic carbocycles. The van der Waals surface area contributed by atoms with Crippen molar-refractivity contribution in [1.29, 1.82) is 0 Å². The van der Waals surface area contributed by atoms with Crippen LogP contribution in [0.1, 0.15) is 75.3 Å². The van der Waals surface area contributed by atoms with Crippen LogP contribution >= 0.6 is 0 Å². The summed E-state index contributed by atoms with van der Waals surface area (Å²) in [4.78, 5) is 57.9. The van der Waals surface area contributed by atoms with Crippen LogP contribution in [-0.2, 0) is 25.7 Å². The molecule has 12 nitrogen and oxygen atoms in total. The lowest BCUT2D eigenvalue weighted by Gasteiger charge is -2.40. The van der Waals surface area contributed by atoms with Crippen molar-refractivity contribution in [2.45, 2.75) is 90.1 Å². The molecule has 1 aliphatic heterocycles. The van der Waals surface area contributed by atoms with Crippen LogP contribution in [-0.4, -0.2) is 101 Å². The molecule has 0 unspecified atom stereocenters. The minimum atomic E-state index is -0.959. The molecule has 0 radical (unpaired) electrons. The van der Waals surface area contributed by atoms with Crippen molar-refractivity contribution in [3.63, 3.8) is 0 Å². The van der Waals surface area contributed by atoms with Gasteiger partial charge in [0, 0.05) is 51.4 Å². The van der Waals surface area contributed by atoms with Gasteiger partial charge in [-0.3, -0.25) is 23.9 Å². The maximum absolute atomic E-state index is 15.8. The Kier molecular flexibility index (Phi) is 11.2. The van der Waals surface area contributed by atoms with Gasteiger partial charge >= 0.3 is 0 Å². The van der Waals surface area contributed by atoms with Crippen LogP contribution in [0.4, 0.5) is 10.1 Å². The highest BCUT2D eigenvalue weighted by atomic mass is 19.1. The SMILES string of the molecule is CCn1nccc1C(=O)N[C@H](C(=O)Nc1ccc([C@H](C)[C@@H](NC(=O)[C@H](C)OC)C(=O)N2CCN(C)[C@H](C)C2)cc1F)C(C1CC1)C1CC1. The van der Waals surface area contributed by atoms with Crippen molar-refractivity contribution in [3.8, 4) is 0 Å². The summed E-state index contributed by atoms with van der Waals surface area (Å²) in [5.41, 5.74) is 0.835. The summed E-state index contributed by atoms with van der Waals surface area (Å²) in [5.74, 6) is -2.16. The number of anilines is 1. The molecule has 1 aromatic heterocycles. The number of hydrogen-bond acceptors (Lipinski definition) is 7. The standard InChI is InChI=1S/C35H50FN7O5/c1-7-43-28(14-15-37-43)33(45)40-31(29(23-8-9-23)24-10-11-24)34(46)38-27-13-12-25(18-26(27)36)21(3)30(39-32(44)22(4)48-6)35(47)42-17-16-41(5)20(2)19-42/h12-15,18,20-24,29-31H,7-11,16-17,19H2,1-6H3,(H,38,46)(H,39,44)(H,40,45)/t20-,21+,22+,30-,31+/m1/s1. The Labute approximate surface area is 282 Å². The first-order valence-corrected chi connectivity index (χ1v) is 17.2. The molecule has 262 valence electrons. The van der Waals surface area contributed by atoms with Crippen molar-refractivity contribution in [2.75, 3.05) is 39.1 Å². The third kappa shape index (κ3) is 8.06. The van der Waals surface area contributed by atoms with Crippen LogP contribution in [0.15, 0.2) is 30.5 Å². The second kappa shape index (κ2) is 15.1. The number of aryl methyl sites for hydroxylation is 1. The molecule has 5 rings (SSSR count). The summed E-state index contributed by atoms with van der Waals surface area (Å²) in [7, 11) is 3.43. The molecule has 3 N–H and O–H groups in total. The molecule has 48 heavy (non-hydrogen) atoms. The van der Waals surface area contributed by atoms with E-state index in [1.807, 2.05) is 20.9 Å². The third-order valence-corrected chi connectivity index (χ3v) is 10.4. The highest BCUT2D eigenvalue weighted by Crippen LogP contribution is 2.51. The number of nitrogens with one attached hydrogen (secondary N) is 3. The predicted octanol–water partition coefficient (Wildman–Crippen LogP) is 3.00. The molecular formula is C35H50FN7O5. The number of likely N-dealkylation sites (N-methyl/N-ethyl adjacent to an activating group) is 1. The maximum atomic E-state index is 15.8. The van der Waals surface area contributed by atoms with Gasteiger partial charge in [0.1, 0.15) is 29.7 Å². The molecule has 3 fully saturated rings. The van der Waals surface area contributed by atoms with Gasteiger partial charge in [0.05, 0.1) is 5.69 Å². The summed E-state index contributed by atoms with van der Waals surface area (Å²) in [6.45, 7) is 9.53. The quantitative estimate of drug-likeness (QED) is 0.282. The molecule has 2 heterocycles. The van der Waals surface area contributed by atoms with Crippen molar-refractivity contribution >= 4 is 29.3 Å². The van der Waals surface area contributed by atoms with E-state index in [2.05, 4.69) is 25.9 Å². The second-order valence-electron chi connectivity index (χ2n) is 13.7. The molecule has 2 aromatic rings. The van der Waals surface area contributed by atoms with E-state index in [0.29, 0.717) is 49.3 Å². The summed E-state index contributed by atoms with van der Waals surface area (Å²) in [5, 5.41) is 12.8. The number of piperazine rings is 1. The Morgan fingerprint density at radius 2 is 1.69 bits per heavy atom. The fraction of sp³-hybridized carbons (Fsp3) is 0.629. The molecule has 0 spiro atoms. The number of carbonyl (C=O) groups excluding carboxylic acids is 4. The van der Waals surface area contributed by atoms with Gasteiger partial charge in [-0.1, -0.05) is 13.0 Å². The van der Waals surface area contributed by atoms with Crippen molar-refractivity contribution in [3.05, 3.63) is 47.5 Å². The average Bonchev–Trinajstić information content (AvgIpc) is 4.03. The zero-order valence-electron chi connectivity index (χ0n) is 28.9. The second-order valence-corrected chi connectivity index (χ2v) is 13.7. The molecule has 4 amide bonds. The lowest BCUT2D eigenvalue weighted by Crippen LogP contribution is -2.58. The molecular weight excluding hydrogens is 617 g/mol. The van der Waals surface area contributed by atoms with E-state index >= 15 is 4.39 Å². The number of ether oxygens (including phenoxy) is 1. The van der Waals surface area contributed by atoms with E-state index in [9.17, 15) is 19.2 Å². The number of amides is 4. The number of hydrogen-bond donors (Lipinski definition) is 3. The topological polar surface area (TPSA) is 138 Å². The Balaban J connectivity index is 1.35. The molecule has 0 bridgehead atoms. The van der Waals surface area contributed by atoms with Gasteiger partial charge in [0.2, 0.25) is 17.7 Å². The monoisotopic (exact) mass is 667 g/mol. The molecule has 13 heteroatoms. The first-order valence-electron chi connectivity index (χ1n) is 17.2. The smallest absolute Gasteiger partial charge is 0.270 e. The lowest BCUT2D eigenvalue weighted by molar-refractivity contribution is -0.141. The Morgan fingerprint density at radius 3 is 2.27 bits per heavy atom. The number of rotatable bonds is 14. The zero-order chi connectivity index (χ0) is 34.7. The number of carbonyl (C=O) groups is 4. The molecule has 5 atom stereocenters. The van der Waals surface area contributed by atoms with Crippen LogP contribution in [0.5, 0.6) is 0 Å². The van der Waals surface area contributed by atoms with Gasteiger partial charge in [-0.25, -0.2) is 4.39 Å². The Morgan fingerprint density at radius 1 is 1.00 bits per heavy atom. The lowest BCUT2D eigenvalue weighted by atomic mass is 9.88. The minimum Gasteiger partial charge on any atom is -0.372 e. The van der Waals surface area contributed by atoms with E-state index in [0.717, 1.165) is 25.7 Å². The van der Waals surface area contributed by atoms with E-state index in [4.69, 9.17) is 4.74 Å². The van der Waals surface area contributed by atoms with E-state index < -0.39 is 41.7 Å². The van der Waals surface area contributed by atoms with Gasteiger partial charge in [-0.15, -0.1) is 0 Å². The van der Waals surface area contributed by atoms with Gasteiger partial charge in [0.25, 0.3) is 5.91 Å². The third-order valence-electron chi connectivity index (χ3n) is 10.4. The van der Waals surface area contributed by atoms with E-state index in [1.165, 1.54) is 19.2 Å². The number of benzene rings is 1. The molecule has 2 aliphatic carbocycles. The normalized spacial score (nSPS) is 20.9. The fourth-order valence-electron chi connectivity index (χ4n) is 6.76. The maximum Gasteiger partial charge on any atom is 0.270 e. The molecule has 1 saturated heterocycles. The summed E-state index contributed by atoms with van der Waals surface area (Å²) in [6.07, 6.45) is 4.78. The van der Waals surface area contributed by atoms with E-state index in [-0.39, 0.29) is 29.5 Å². The number of halogens is 1. The van der Waals surface area contributed by atoms with Crippen LogP contribution < -0.4 is 16.0 Å². The Bertz CT molecular complexity index is 1480. The molecule has 2 saturated carbocycles. The van der Waals surface area contributed by atoms with Crippen LogP contribution in [0.3, 0.4) is 0 Å². The number of methoxy groups -OCH3 is 1. The number of nitrogens with zero attached hydrogens (tertiary/aromatic N) is 4. The van der Waals surface area contributed by atoms with Gasteiger partial charge < -0.3 is 30.5 Å². The van der Waals surface area contributed by atoms with Gasteiger partial charge in [0.15, 0.2) is 0 Å². The van der Waals surface area contributed by atoms with Crippen LogP contribution in [0, 0.1) is 23.6 Å². The fourth-order valence-corrected chi connectivity index (χ4v) is 6.76. The highest BCUT2D eigenvalue weighted by molar-refractivity contribution is 6.01. The van der Waals surface area contributed by atoms with Crippen LogP contribution in [0.2, 0.25) is 0 Å². The first-order chi connectivity index (χ1) is 22.9. The van der Waals surface area contributed by atoms with Crippen molar-refractivity contribution in [1.82, 2.24) is 30.2 Å². The van der Waals surface area contributed by atoms with Gasteiger partial charge in [-0.2, -0.15) is 5.10 Å². The summed E-state index contributed by atoms with van der Waals surface area (Å²) >= 11 is 0. The summed E-state index contributed by atoms with van der Waals surface area (Å²) in [6, 6.07) is 4.42. The zero-order valence-corrected chi connectivity index (χ0v) is 28.9. The van der Waals surface area contributed by atoms with Gasteiger partial charge in [-0.05, 0) is 95.0 Å². The highest BCUT2D eigenvalue weighted by Gasteiger charge is 2.48. The number of aromatic nitrogens is 2. The summed E-state index contributed by atoms with van der Waals surface area (Å²) < 4.78 is 22.6. The largest absolute Gasteiger partial charge is 0.372 e. The molecule has 3 aliphatic rings. The Hall–Kier alpha value is -3.84. The van der Waals surface area contributed by atoms with Crippen LogP contribution in [0.25, 0.3) is 0 Å². The first kappa shape index (κ1) is 35.5. The minimum absolute atomic E-state index is 0.0213.